The maximum Gasteiger partial charge on any atom is 0.297 e. The lowest BCUT2D eigenvalue weighted by Gasteiger charge is -2.16. The molecule has 0 aliphatic heterocycles. The first-order valence-electron chi connectivity index (χ1n) is 8.00. The lowest BCUT2D eigenvalue weighted by atomic mass is 9.94. The zero-order valence-corrected chi connectivity index (χ0v) is 14.8. The van der Waals surface area contributed by atoms with Gasteiger partial charge in [0.2, 0.25) is 0 Å². The van der Waals surface area contributed by atoms with Crippen LogP contribution in [-0.2, 0) is 7.05 Å². The van der Waals surface area contributed by atoms with Crippen molar-refractivity contribution in [1.29, 1.82) is 5.41 Å². The molecule has 0 atom stereocenters. The number of nitrogens with two attached hydrogens (primary N) is 1. The molecule has 1 aliphatic carbocycles. The van der Waals surface area contributed by atoms with Crippen molar-refractivity contribution in [2.75, 3.05) is 0 Å². The molecule has 1 aromatic heterocycles. The van der Waals surface area contributed by atoms with Gasteiger partial charge < -0.3 is 11.1 Å². The molecule has 0 radical (unpaired) electrons. The van der Waals surface area contributed by atoms with Crippen molar-refractivity contribution >= 4 is 17.1 Å². The SMILES string of the molecule is CC1=C/C(=N\c2c(C)n(C)n(-c3ccccc3)c2=O)C(N)=C(C)C1=N. The highest BCUT2D eigenvalue weighted by atomic mass is 16.1. The molecule has 1 aromatic carbocycles. The molecule has 0 bridgehead atoms. The molecular formula is C19H21N5O. The maximum absolute atomic E-state index is 12.9. The van der Waals surface area contributed by atoms with Crippen LogP contribution in [0.15, 0.2) is 63.0 Å². The Morgan fingerprint density at radius 3 is 2.40 bits per heavy atom. The van der Waals surface area contributed by atoms with Gasteiger partial charge in [0.25, 0.3) is 5.56 Å². The second-order valence-corrected chi connectivity index (χ2v) is 6.15. The molecule has 3 rings (SSSR count). The zero-order valence-electron chi connectivity index (χ0n) is 14.8. The molecule has 0 unspecified atom stereocenters. The predicted octanol–water partition coefficient (Wildman–Crippen LogP) is 2.77. The van der Waals surface area contributed by atoms with Gasteiger partial charge in [-0.2, -0.15) is 0 Å². The summed E-state index contributed by atoms with van der Waals surface area (Å²) in [6.45, 7) is 5.49. The summed E-state index contributed by atoms with van der Waals surface area (Å²) in [5.41, 5.74) is 10.6. The number of aliphatic imine (C=N–C) groups is 1. The third-order valence-electron chi connectivity index (χ3n) is 4.56. The largest absolute Gasteiger partial charge is 0.397 e. The molecule has 1 heterocycles. The van der Waals surface area contributed by atoms with E-state index in [2.05, 4.69) is 4.99 Å². The molecule has 6 heteroatoms. The molecule has 0 saturated carbocycles. The van der Waals surface area contributed by atoms with E-state index < -0.39 is 0 Å². The number of benzene rings is 1. The topological polar surface area (TPSA) is 89.2 Å². The average molecular weight is 335 g/mol. The van der Waals surface area contributed by atoms with Gasteiger partial charge in [-0.05, 0) is 50.1 Å². The molecule has 25 heavy (non-hydrogen) atoms. The Labute approximate surface area is 146 Å². The van der Waals surface area contributed by atoms with Crippen molar-refractivity contribution in [3.8, 4) is 5.69 Å². The molecule has 2 aromatic rings. The molecule has 0 amide bonds. The average Bonchev–Trinajstić information content (AvgIpc) is 2.82. The van der Waals surface area contributed by atoms with Crippen molar-refractivity contribution in [3.63, 3.8) is 0 Å². The zero-order chi connectivity index (χ0) is 18.3. The van der Waals surface area contributed by atoms with Crippen LogP contribution in [0, 0.1) is 12.3 Å². The first-order chi connectivity index (χ1) is 11.8. The van der Waals surface area contributed by atoms with Crippen LogP contribution < -0.4 is 11.3 Å². The number of nitrogens with one attached hydrogen (secondary N) is 1. The van der Waals surface area contributed by atoms with Gasteiger partial charge in [0.1, 0.15) is 0 Å². The number of rotatable bonds is 2. The Morgan fingerprint density at radius 2 is 1.76 bits per heavy atom. The van der Waals surface area contributed by atoms with Crippen LogP contribution in [0.2, 0.25) is 0 Å². The number of hydrogen-bond donors (Lipinski definition) is 2. The van der Waals surface area contributed by atoms with E-state index in [9.17, 15) is 4.79 Å². The van der Waals surface area contributed by atoms with E-state index >= 15 is 0 Å². The number of allylic oxidation sites excluding steroid dienone is 3. The third kappa shape index (κ3) is 2.65. The van der Waals surface area contributed by atoms with Crippen LogP contribution in [0.25, 0.3) is 5.69 Å². The normalized spacial score (nSPS) is 16.6. The fourth-order valence-electron chi connectivity index (χ4n) is 2.87. The number of para-hydroxylation sites is 1. The molecule has 128 valence electrons. The molecular weight excluding hydrogens is 314 g/mol. The van der Waals surface area contributed by atoms with E-state index in [1.54, 1.807) is 22.4 Å². The predicted molar refractivity (Wildman–Crippen MR) is 101 cm³/mol. The fraction of sp³-hybridized carbons (Fsp3) is 0.211. The van der Waals surface area contributed by atoms with Crippen molar-refractivity contribution in [2.45, 2.75) is 20.8 Å². The molecule has 3 N–H and O–H groups in total. The van der Waals surface area contributed by atoms with Crippen LogP contribution in [-0.4, -0.2) is 20.8 Å². The van der Waals surface area contributed by atoms with Gasteiger partial charge in [-0.25, -0.2) is 9.67 Å². The van der Waals surface area contributed by atoms with E-state index in [1.807, 2.05) is 51.2 Å². The van der Waals surface area contributed by atoms with E-state index in [4.69, 9.17) is 11.1 Å². The Morgan fingerprint density at radius 1 is 1.12 bits per heavy atom. The van der Waals surface area contributed by atoms with Crippen molar-refractivity contribution in [3.05, 3.63) is 69.3 Å². The van der Waals surface area contributed by atoms with Crippen LogP contribution >= 0.6 is 0 Å². The summed E-state index contributed by atoms with van der Waals surface area (Å²) in [7, 11) is 1.83. The monoisotopic (exact) mass is 335 g/mol. The third-order valence-corrected chi connectivity index (χ3v) is 4.56. The lowest BCUT2D eigenvalue weighted by Crippen LogP contribution is -2.22. The highest BCUT2D eigenvalue weighted by Crippen LogP contribution is 2.22. The molecule has 0 fully saturated rings. The van der Waals surface area contributed by atoms with E-state index in [0.717, 1.165) is 17.0 Å². The minimum absolute atomic E-state index is 0.198. The quantitative estimate of drug-likeness (QED) is 0.826. The summed E-state index contributed by atoms with van der Waals surface area (Å²) in [6, 6.07) is 9.44. The van der Waals surface area contributed by atoms with Crippen molar-refractivity contribution < 1.29 is 0 Å². The first-order valence-corrected chi connectivity index (χ1v) is 8.00. The summed E-state index contributed by atoms with van der Waals surface area (Å²) in [6.07, 6.45) is 1.75. The van der Waals surface area contributed by atoms with Crippen LogP contribution in [0.1, 0.15) is 19.5 Å². The van der Waals surface area contributed by atoms with E-state index in [-0.39, 0.29) is 5.56 Å². The molecule has 0 saturated heterocycles. The molecule has 0 spiro atoms. The fourth-order valence-corrected chi connectivity index (χ4v) is 2.87. The summed E-state index contributed by atoms with van der Waals surface area (Å²) in [5, 5.41) is 8.00. The highest BCUT2D eigenvalue weighted by Gasteiger charge is 2.20. The molecule has 6 nitrogen and oxygen atoms in total. The van der Waals surface area contributed by atoms with Gasteiger partial charge in [0.15, 0.2) is 5.69 Å². The maximum atomic E-state index is 12.9. The second-order valence-electron chi connectivity index (χ2n) is 6.15. The Bertz CT molecular complexity index is 1020. The summed E-state index contributed by atoms with van der Waals surface area (Å²) in [5.74, 6) is 0. The Kier molecular flexibility index (Phi) is 4.04. The van der Waals surface area contributed by atoms with Gasteiger partial charge in [-0.1, -0.05) is 18.2 Å². The highest BCUT2D eigenvalue weighted by molar-refractivity contribution is 6.25. The summed E-state index contributed by atoms with van der Waals surface area (Å²) < 4.78 is 3.37. The van der Waals surface area contributed by atoms with E-state index in [0.29, 0.717) is 28.4 Å². The smallest absolute Gasteiger partial charge is 0.297 e. The number of hydrogen-bond acceptors (Lipinski definition) is 4. The minimum atomic E-state index is -0.198. The summed E-state index contributed by atoms with van der Waals surface area (Å²) >= 11 is 0. The second kappa shape index (κ2) is 6.05. The number of nitrogens with zero attached hydrogens (tertiary/aromatic N) is 3. The molecule has 1 aliphatic rings. The van der Waals surface area contributed by atoms with Crippen LogP contribution in [0.4, 0.5) is 5.69 Å². The van der Waals surface area contributed by atoms with Crippen LogP contribution in [0.5, 0.6) is 0 Å². The standard InChI is InChI=1S/C19H21N5O/c1-11-10-15(17(21)12(2)16(11)20)22-18-13(3)23(4)24(19(18)25)14-8-6-5-7-9-14/h5-10,20H,21H2,1-4H3/b20-16?,22-15+. The van der Waals surface area contributed by atoms with Gasteiger partial charge in [-0.15, -0.1) is 0 Å². The Balaban J connectivity index is 2.21. The van der Waals surface area contributed by atoms with Crippen molar-refractivity contribution in [1.82, 2.24) is 9.36 Å². The van der Waals surface area contributed by atoms with Gasteiger partial charge in [-0.3, -0.25) is 9.48 Å². The lowest BCUT2D eigenvalue weighted by molar-refractivity contribution is 0.630. The number of aromatic nitrogens is 2. The van der Waals surface area contributed by atoms with E-state index in [1.165, 1.54) is 0 Å². The first kappa shape index (κ1) is 16.7. The van der Waals surface area contributed by atoms with Gasteiger partial charge in [0.05, 0.1) is 28.5 Å². The van der Waals surface area contributed by atoms with Gasteiger partial charge in [0, 0.05) is 7.05 Å². The summed E-state index contributed by atoms with van der Waals surface area (Å²) in [4.78, 5) is 17.5. The van der Waals surface area contributed by atoms with Crippen molar-refractivity contribution in [2.24, 2.45) is 17.8 Å². The Hall–Kier alpha value is -3.15. The van der Waals surface area contributed by atoms with Crippen LogP contribution in [0.3, 0.4) is 0 Å². The minimum Gasteiger partial charge on any atom is -0.397 e. The van der Waals surface area contributed by atoms with Gasteiger partial charge >= 0.3 is 0 Å².